The van der Waals surface area contributed by atoms with Gasteiger partial charge in [0, 0.05) is 24.9 Å². The molecule has 6 rings (SSSR count). The fourth-order valence-electron chi connectivity index (χ4n) is 5.38. The van der Waals surface area contributed by atoms with Gasteiger partial charge in [0.25, 0.3) is 0 Å². The lowest BCUT2D eigenvalue weighted by molar-refractivity contribution is -0.136. The molecular weight excluding hydrogens is 320 g/mol. The molecule has 1 aromatic carbocycles. The van der Waals surface area contributed by atoms with Gasteiger partial charge in [-0.05, 0) is 49.5 Å². The third-order valence-electron chi connectivity index (χ3n) is 6.47. The van der Waals surface area contributed by atoms with Gasteiger partial charge < -0.3 is 19.5 Å². The molecule has 0 unspecified atom stereocenters. The van der Waals surface area contributed by atoms with Crippen LogP contribution < -0.4 is 9.47 Å². The lowest BCUT2D eigenvalue weighted by Gasteiger charge is -2.51. The molecule has 6 heteroatoms. The fraction of sp³-hybridized carbons (Fsp3) is 0.632. The van der Waals surface area contributed by atoms with Crippen LogP contribution in [0.5, 0.6) is 11.5 Å². The summed E-state index contributed by atoms with van der Waals surface area (Å²) in [6.45, 7) is 3.21. The maximum atomic E-state index is 12.6. The van der Waals surface area contributed by atoms with E-state index in [-0.39, 0.29) is 31.8 Å². The molecule has 0 radical (unpaired) electrons. The van der Waals surface area contributed by atoms with E-state index in [0.717, 1.165) is 31.1 Å². The van der Waals surface area contributed by atoms with Crippen LogP contribution in [0.2, 0.25) is 0 Å². The van der Waals surface area contributed by atoms with Crippen molar-refractivity contribution in [3.05, 3.63) is 23.8 Å². The predicted octanol–water partition coefficient (Wildman–Crippen LogP) is 1.19. The molecule has 4 fully saturated rings. The minimum absolute atomic E-state index is 0.0736. The number of likely N-dealkylation sites (tertiary alicyclic amines) is 1. The summed E-state index contributed by atoms with van der Waals surface area (Å²) >= 11 is 0. The summed E-state index contributed by atoms with van der Waals surface area (Å²) in [5, 5.41) is 9.23. The second-order valence-corrected chi connectivity index (χ2v) is 7.59. The van der Waals surface area contributed by atoms with E-state index in [4.69, 9.17) is 9.47 Å². The van der Waals surface area contributed by atoms with Crippen LogP contribution in [0, 0.1) is 5.92 Å². The number of ether oxygens (including phenoxy) is 2. The highest BCUT2D eigenvalue weighted by atomic mass is 16.7. The fourth-order valence-corrected chi connectivity index (χ4v) is 5.38. The molecule has 3 atom stereocenters. The largest absolute Gasteiger partial charge is 0.454 e. The number of nitrogens with zero attached hydrogens (tertiary/aromatic N) is 2. The van der Waals surface area contributed by atoms with Crippen molar-refractivity contribution in [3.63, 3.8) is 0 Å². The predicted molar refractivity (Wildman–Crippen MR) is 90.6 cm³/mol. The number of carbonyl (C=O) groups is 1. The lowest BCUT2D eigenvalue weighted by atomic mass is 9.75. The number of benzene rings is 1. The summed E-state index contributed by atoms with van der Waals surface area (Å²) in [5.74, 6) is 2.60. The highest BCUT2D eigenvalue weighted by molar-refractivity contribution is 5.77. The molecule has 5 aliphatic heterocycles. The second-order valence-electron chi connectivity index (χ2n) is 7.59. The topological polar surface area (TPSA) is 62.2 Å². The van der Waals surface area contributed by atoms with E-state index in [1.807, 2.05) is 6.07 Å². The average Bonchev–Trinajstić information content (AvgIpc) is 3.28. The van der Waals surface area contributed by atoms with Crippen molar-refractivity contribution in [2.75, 3.05) is 33.0 Å². The monoisotopic (exact) mass is 344 g/mol. The molecule has 1 amide bonds. The van der Waals surface area contributed by atoms with Crippen molar-refractivity contribution >= 4 is 5.91 Å². The van der Waals surface area contributed by atoms with Gasteiger partial charge in [-0.3, -0.25) is 9.69 Å². The van der Waals surface area contributed by atoms with Gasteiger partial charge in [0.15, 0.2) is 11.5 Å². The van der Waals surface area contributed by atoms with Gasteiger partial charge in [-0.2, -0.15) is 0 Å². The van der Waals surface area contributed by atoms with Gasteiger partial charge in [0.05, 0.1) is 12.6 Å². The van der Waals surface area contributed by atoms with Gasteiger partial charge >= 0.3 is 0 Å². The molecule has 0 aromatic heterocycles. The van der Waals surface area contributed by atoms with Crippen LogP contribution in [0.25, 0.3) is 0 Å². The molecule has 6 nitrogen and oxygen atoms in total. The minimum atomic E-state index is -0.0736. The smallest absolute Gasteiger partial charge is 0.231 e. The van der Waals surface area contributed by atoms with Gasteiger partial charge in [-0.25, -0.2) is 0 Å². The number of aliphatic hydroxyl groups excluding tert-OH is 1. The number of fused-ring (bicyclic) bond motifs is 3. The molecule has 134 valence electrons. The van der Waals surface area contributed by atoms with Crippen molar-refractivity contribution in [2.45, 2.75) is 37.3 Å². The molecular formula is C19H24N2O4. The van der Waals surface area contributed by atoms with E-state index in [2.05, 4.69) is 21.9 Å². The summed E-state index contributed by atoms with van der Waals surface area (Å²) in [7, 11) is 0. The first-order valence-electron chi connectivity index (χ1n) is 9.30. The molecule has 1 N–H and O–H groups in total. The zero-order chi connectivity index (χ0) is 17.0. The van der Waals surface area contributed by atoms with E-state index in [1.54, 1.807) is 0 Å². The van der Waals surface area contributed by atoms with Crippen LogP contribution in [-0.4, -0.2) is 65.9 Å². The first-order chi connectivity index (χ1) is 12.3. The van der Waals surface area contributed by atoms with Crippen LogP contribution in [0.3, 0.4) is 0 Å². The van der Waals surface area contributed by atoms with Crippen molar-refractivity contribution < 1.29 is 19.4 Å². The highest BCUT2D eigenvalue weighted by Gasteiger charge is 2.54. The van der Waals surface area contributed by atoms with E-state index >= 15 is 0 Å². The molecule has 1 aromatic rings. The first-order valence-corrected chi connectivity index (χ1v) is 9.30. The summed E-state index contributed by atoms with van der Waals surface area (Å²) < 4.78 is 11.0. The second kappa shape index (κ2) is 5.88. The van der Waals surface area contributed by atoms with E-state index < -0.39 is 0 Å². The number of carbonyl (C=O) groups excluding carboxylic acids is 1. The van der Waals surface area contributed by atoms with Crippen molar-refractivity contribution in [3.8, 4) is 11.5 Å². The number of hydrogen-bond donors (Lipinski definition) is 1. The summed E-state index contributed by atoms with van der Waals surface area (Å²) in [6, 6.07) is 6.88. The van der Waals surface area contributed by atoms with Crippen LogP contribution in [0.1, 0.15) is 30.7 Å². The lowest BCUT2D eigenvalue weighted by Crippen LogP contribution is -2.60. The standard InChI is InChI=1S/C19H24N2O4/c22-8-5-17(23)21-10-14(13-1-2-15-16(9-13)25-11-24-15)19-18(21)12-3-6-20(19)7-4-12/h1-2,9,12,14,18-19,22H,3-8,10-11H2/t14-,18-,19-/m1/s1. The minimum Gasteiger partial charge on any atom is -0.454 e. The maximum absolute atomic E-state index is 12.6. The molecule has 4 saturated heterocycles. The van der Waals surface area contributed by atoms with Crippen molar-refractivity contribution in [1.29, 1.82) is 0 Å². The third kappa shape index (κ3) is 2.34. The Kier molecular flexibility index (Phi) is 3.64. The molecule has 0 spiro atoms. The van der Waals surface area contributed by atoms with Crippen molar-refractivity contribution in [1.82, 2.24) is 9.80 Å². The zero-order valence-corrected chi connectivity index (χ0v) is 14.3. The van der Waals surface area contributed by atoms with E-state index in [0.29, 0.717) is 17.9 Å². The Morgan fingerprint density at radius 3 is 2.76 bits per heavy atom. The molecule has 25 heavy (non-hydrogen) atoms. The molecule has 0 saturated carbocycles. The Morgan fingerprint density at radius 2 is 1.96 bits per heavy atom. The zero-order valence-electron chi connectivity index (χ0n) is 14.3. The Balaban J connectivity index is 1.50. The number of rotatable bonds is 3. The van der Waals surface area contributed by atoms with Gasteiger partial charge in [0.1, 0.15) is 0 Å². The van der Waals surface area contributed by atoms with Gasteiger partial charge in [0.2, 0.25) is 12.7 Å². The van der Waals surface area contributed by atoms with Gasteiger partial charge in [-0.1, -0.05) is 6.07 Å². The van der Waals surface area contributed by atoms with Crippen LogP contribution in [-0.2, 0) is 4.79 Å². The number of amides is 1. The molecule has 2 bridgehead atoms. The molecule has 0 aliphatic carbocycles. The normalized spacial score (nSPS) is 35.1. The maximum Gasteiger partial charge on any atom is 0.231 e. The summed E-state index contributed by atoms with van der Waals surface area (Å²) in [6.07, 6.45) is 2.58. The van der Waals surface area contributed by atoms with Crippen molar-refractivity contribution in [2.24, 2.45) is 5.92 Å². The van der Waals surface area contributed by atoms with Crippen LogP contribution >= 0.6 is 0 Å². The van der Waals surface area contributed by atoms with Crippen LogP contribution in [0.4, 0.5) is 0 Å². The molecule has 5 heterocycles. The number of aliphatic hydroxyl groups is 1. The third-order valence-corrected chi connectivity index (χ3v) is 6.47. The van der Waals surface area contributed by atoms with E-state index in [9.17, 15) is 9.90 Å². The summed E-state index contributed by atoms with van der Waals surface area (Å²) in [5.41, 5.74) is 1.23. The Labute approximate surface area is 147 Å². The SMILES string of the molecule is O=C(CCO)N1C[C@H](c2ccc3c(c2)OCO3)[C@@H]2[C@H]1C1CCN2CC1. The molecule has 5 aliphatic rings. The first kappa shape index (κ1) is 15.5. The average molecular weight is 344 g/mol. The van der Waals surface area contributed by atoms with E-state index in [1.165, 1.54) is 18.4 Å². The Morgan fingerprint density at radius 1 is 1.16 bits per heavy atom. The van der Waals surface area contributed by atoms with Crippen LogP contribution in [0.15, 0.2) is 18.2 Å². The summed E-state index contributed by atoms with van der Waals surface area (Å²) in [4.78, 5) is 17.3. The highest BCUT2D eigenvalue weighted by Crippen LogP contribution is 2.48. The Hall–Kier alpha value is -1.79. The Bertz CT molecular complexity index is 686. The number of piperidine rings is 3. The quantitative estimate of drug-likeness (QED) is 0.892. The number of hydrogen-bond acceptors (Lipinski definition) is 5. The van der Waals surface area contributed by atoms with Gasteiger partial charge in [-0.15, -0.1) is 0 Å².